The van der Waals surface area contributed by atoms with Crippen molar-refractivity contribution in [2.75, 3.05) is 14.1 Å². The van der Waals surface area contributed by atoms with Crippen LogP contribution in [0.25, 0.3) is 0 Å². The van der Waals surface area contributed by atoms with Gasteiger partial charge in [0.1, 0.15) is 17.2 Å². The van der Waals surface area contributed by atoms with Gasteiger partial charge in [0.15, 0.2) is 0 Å². The van der Waals surface area contributed by atoms with Crippen molar-refractivity contribution in [1.29, 1.82) is 0 Å². The first-order valence-corrected chi connectivity index (χ1v) is 6.57. The lowest BCUT2D eigenvalue weighted by Gasteiger charge is -2.28. The van der Waals surface area contributed by atoms with E-state index in [1.165, 1.54) is 26.2 Å². The van der Waals surface area contributed by atoms with E-state index in [0.29, 0.717) is 6.42 Å². The molecule has 7 heteroatoms. The fourth-order valence-corrected chi connectivity index (χ4v) is 2.10. The summed E-state index contributed by atoms with van der Waals surface area (Å²) >= 11 is 0. The van der Waals surface area contributed by atoms with E-state index in [1.54, 1.807) is 0 Å². The van der Waals surface area contributed by atoms with Crippen molar-refractivity contribution in [2.45, 2.75) is 12.8 Å². The number of hydrogen-bond donors (Lipinski definition) is 0. The minimum Gasteiger partial charge on any atom is -0.268 e. The van der Waals surface area contributed by atoms with Crippen LogP contribution >= 0.6 is 0 Å². The summed E-state index contributed by atoms with van der Waals surface area (Å²) in [7, 11) is 2.49. The molecule has 1 fully saturated rings. The number of rotatable bonds is 2. The third-order valence-corrected chi connectivity index (χ3v) is 3.41. The first-order chi connectivity index (χ1) is 10.3. The van der Waals surface area contributed by atoms with Crippen molar-refractivity contribution in [3.8, 4) is 0 Å². The molecule has 5 nitrogen and oxygen atoms in total. The summed E-state index contributed by atoms with van der Waals surface area (Å²) in [5.74, 6) is -2.77. The Bertz CT molecular complexity index is 648. The smallest absolute Gasteiger partial charge is 0.268 e. The number of barbiturate groups is 1. The number of amides is 4. The SMILES string of the molecule is CN1C(=O)C(=C/C=C/C2=C(F)CCC=C2F)C(=O)N(C)C1=O. The number of carbonyl (C=O) groups is 3. The Morgan fingerprint density at radius 1 is 1.09 bits per heavy atom. The second-order valence-corrected chi connectivity index (χ2v) is 4.86. The summed E-state index contributed by atoms with van der Waals surface area (Å²) < 4.78 is 27.0. The first-order valence-electron chi connectivity index (χ1n) is 6.57. The monoisotopic (exact) mass is 308 g/mol. The summed E-state index contributed by atoms with van der Waals surface area (Å²) in [6.45, 7) is 0. The van der Waals surface area contributed by atoms with Crippen LogP contribution in [0.15, 0.2) is 47.1 Å². The second-order valence-electron chi connectivity index (χ2n) is 4.86. The zero-order valence-electron chi connectivity index (χ0n) is 12.1. The first kappa shape index (κ1) is 15.8. The molecule has 0 aromatic carbocycles. The lowest BCUT2D eigenvalue weighted by molar-refractivity contribution is -0.134. The van der Waals surface area contributed by atoms with E-state index in [2.05, 4.69) is 0 Å². The molecule has 0 aromatic heterocycles. The fourth-order valence-electron chi connectivity index (χ4n) is 2.10. The number of halogens is 2. The molecular weight excluding hydrogens is 294 g/mol. The number of allylic oxidation sites excluding steroid dienone is 7. The Balaban J connectivity index is 2.27. The maximum Gasteiger partial charge on any atom is 0.333 e. The lowest BCUT2D eigenvalue weighted by atomic mass is 10.0. The molecule has 1 heterocycles. The third-order valence-electron chi connectivity index (χ3n) is 3.41. The molecule has 0 spiro atoms. The second kappa shape index (κ2) is 6.05. The zero-order chi connectivity index (χ0) is 16.4. The molecule has 0 aromatic rings. The molecule has 0 bridgehead atoms. The Morgan fingerprint density at radius 2 is 1.68 bits per heavy atom. The van der Waals surface area contributed by atoms with Gasteiger partial charge in [0, 0.05) is 26.1 Å². The van der Waals surface area contributed by atoms with Crippen LogP contribution in [-0.2, 0) is 9.59 Å². The Labute approximate surface area is 125 Å². The molecule has 116 valence electrons. The maximum absolute atomic E-state index is 13.5. The molecule has 0 N–H and O–H groups in total. The molecule has 1 aliphatic heterocycles. The van der Waals surface area contributed by atoms with E-state index < -0.39 is 29.5 Å². The molecule has 1 saturated heterocycles. The minimum absolute atomic E-state index is 0.113. The van der Waals surface area contributed by atoms with Gasteiger partial charge in [-0.15, -0.1) is 0 Å². The van der Waals surface area contributed by atoms with Gasteiger partial charge in [0.05, 0.1) is 0 Å². The van der Waals surface area contributed by atoms with Crippen LogP contribution in [-0.4, -0.2) is 41.7 Å². The topological polar surface area (TPSA) is 57.7 Å². The Kier molecular flexibility index (Phi) is 4.35. The van der Waals surface area contributed by atoms with Crippen LogP contribution in [0.3, 0.4) is 0 Å². The van der Waals surface area contributed by atoms with Gasteiger partial charge in [-0.2, -0.15) is 0 Å². The van der Waals surface area contributed by atoms with E-state index in [0.717, 1.165) is 22.0 Å². The fraction of sp³-hybridized carbons (Fsp3) is 0.267. The Morgan fingerprint density at radius 3 is 2.23 bits per heavy atom. The van der Waals surface area contributed by atoms with Crippen molar-refractivity contribution >= 4 is 17.8 Å². The number of nitrogens with zero attached hydrogens (tertiary/aromatic N) is 2. The van der Waals surface area contributed by atoms with Crippen molar-refractivity contribution in [3.63, 3.8) is 0 Å². The number of imide groups is 2. The van der Waals surface area contributed by atoms with Gasteiger partial charge in [-0.1, -0.05) is 6.08 Å². The molecule has 0 unspecified atom stereocenters. The summed E-state index contributed by atoms with van der Waals surface area (Å²) in [6, 6.07) is -0.730. The van der Waals surface area contributed by atoms with Gasteiger partial charge in [0.2, 0.25) is 0 Å². The van der Waals surface area contributed by atoms with Gasteiger partial charge < -0.3 is 0 Å². The summed E-state index contributed by atoms with van der Waals surface area (Å²) in [6.07, 6.45) is 5.20. The van der Waals surface area contributed by atoms with Crippen LogP contribution in [0, 0.1) is 0 Å². The molecule has 0 atom stereocenters. The minimum atomic E-state index is -0.758. The predicted molar refractivity (Wildman–Crippen MR) is 74.7 cm³/mol. The molecule has 4 amide bonds. The van der Waals surface area contributed by atoms with Crippen LogP contribution < -0.4 is 0 Å². The highest BCUT2D eigenvalue weighted by atomic mass is 19.1. The van der Waals surface area contributed by atoms with Crippen LogP contribution in [0.4, 0.5) is 13.6 Å². The summed E-state index contributed by atoms with van der Waals surface area (Å²) in [5.41, 5.74) is -0.446. The Hall–Kier alpha value is -2.57. The van der Waals surface area contributed by atoms with E-state index in [-0.39, 0.29) is 17.6 Å². The van der Waals surface area contributed by atoms with Gasteiger partial charge >= 0.3 is 6.03 Å². The van der Waals surface area contributed by atoms with Gasteiger partial charge in [-0.3, -0.25) is 19.4 Å². The highest BCUT2D eigenvalue weighted by molar-refractivity contribution is 6.28. The zero-order valence-corrected chi connectivity index (χ0v) is 12.1. The maximum atomic E-state index is 13.5. The average Bonchev–Trinajstić information content (AvgIpc) is 2.49. The molecule has 0 radical (unpaired) electrons. The average molecular weight is 308 g/mol. The van der Waals surface area contributed by atoms with Crippen molar-refractivity contribution in [3.05, 3.63) is 47.1 Å². The molecule has 2 aliphatic rings. The molecule has 0 saturated carbocycles. The molecule has 22 heavy (non-hydrogen) atoms. The molecule has 2 rings (SSSR count). The quantitative estimate of drug-likeness (QED) is 0.581. The molecular formula is C15H14F2N2O3. The summed E-state index contributed by atoms with van der Waals surface area (Å²) in [5, 5.41) is 0. The predicted octanol–water partition coefficient (Wildman–Crippen LogP) is 2.39. The number of likely N-dealkylation sites (N-methyl/N-ethyl adjacent to an activating group) is 2. The lowest BCUT2D eigenvalue weighted by Crippen LogP contribution is -2.52. The largest absolute Gasteiger partial charge is 0.333 e. The van der Waals surface area contributed by atoms with E-state index in [4.69, 9.17) is 0 Å². The van der Waals surface area contributed by atoms with E-state index >= 15 is 0 Å². The number of carbonyl (C=O) groups excluding carboxylic acids is 3. The van der Waals surface area contributed by atoms with Crippen molar-refractivity contribution in [1.82, 2.24) is 9.80 Å². The number of urea groups is 1. The normalized spacial score (nSPS) is 20.3. The van der Waals surface area contributed by atoms with Crippen molar-refractivity contribution < 1.29 is 23.2 Å². The standard InChI is InChI=1S/C15H14F2N2O3/c1-18-13(20)10(14(21)19(2)15(18)22)6-3-5-9-11(16)7-4-8-12(9)17/h3,5-7H,4,8H2,1-2H3/b5-3+. The highest BCUT2D eigenvalue weighted by Gasteiger charge is 2.37. The van der Waals surface area contributed by atoms with Gasteiger partial charge in [-0.25, -0.2) is 13.6 Å². The summed E-state index contributed by atoms with van der Waals surface area (Å²) in [4.78, 5) is 36.9. The van der Waals surface area contributed by atoms with E-state index in [9.17, 15) is 23.2 Å². The molecule has 1 aliphatic carbocycles. The van der Waals surface area contributed by atoms with Crippen LogP contribution in [0.2, 0.25) is 0 Å². The van der Waals surface area contributed by atoms with Crippen LogP contribution in [0.1, 0.15) is 12.8 Å². The van der Waals surface area contributed by atoms with Crippen LogP contribution in [0.5, 0.6) is 0 Å². The van der Waals surface area contributed by atoms with Gasteiger partial charge in [-0.05, 0) is 24.6 Å². The van der Waals surface area contributed by atoms with E-state index in [1.807, 2.05) is 0 Å². The highest BCUT2D eigenvalue weighted by Crippen LogP contribution is 2.28. The van der Waals surface area contributed by atoms with Gasteiger partial charge in [0.25, 0.3) is 11.8 Å². The third kappa shape index (κ3) is 2.74. The number of hydrogen-bond acceptors (Lipinski definition) is 3. The van der Waals surface area contributed by atoms with Crippen molar-refractivity contribution in [2.24, 2.45) is 0 Å².